The molecular weight excluding hydrogens is 468 g/mol. The number of hydrogen-bond acceptors (Lipinski definition) is 4. The molecule has 2 aromatic carbocycles. The lowest BCUT2D eigenvalue weighted by Crippen LogP contribution is -2.29. The smallest absolute Gasteiger partial charge is 0.266 e. The zero-order valence-electron chi connectivity index (χ0n) is 15.8. The Morgan fingerprint density at radius 3 is 2.52 bits per heavy atom. The van der Waals surface area contributed by atoms with Gasteiger partial charge in [-0.25, -0.2) is 0 Å². The third-order valence-corrected chi connectivity index (χ3v) is 6.29. The van der Waals surface area contributed by atoms with E-state index in [9.17, 15) is 9.59 Å². The Morgan fingerprint density at radius 1 is 1.07 bits per heavy atom. The van der Waals surface area contributed by atoms with Crippen LogP contribution in [0.1, 0.15) is 31.2 Å². The van der Waals surface area contributed by atoms with Crippen molar-refractivity contribution in [3.8, 4) is 0 Å². The van der Waals surface area contributed by atoms with Crippen LogP contribution in [0.15, 0.2) is 64.0 Å². The van der Waals surface area contributed by atoms with E-state index in [2.05, 4.69) is 21.2 Å². The minimum atomic E-state index is -0.0307. The largest absolute Gasteiger partial charge is 0.326 e. The van der Waals surface area contributed by atoms with Gasteiger partial charge in [-0.15, -0.1) is 0 Å². The monoisotopic (exact) mass is 488 g/mol. The van der Waals surface area contributed by atoms with Crippen molar-refractivity contribution in [3.63, 3.8) is 0 Å². The normalized spacial score (nSPS) is 15.2. The number of benzene rings is 2. The molecule has 1 N–H and O–H groups in total. The molecule has 0 saturated carbocycles. The van der Waals surface area contributed by atoms with Gasteiger partial charge in [-0.3, -0.25) is 14.5 Å². The number of thioether (sulfide) groups is 1. The average molecular weight is 489 g/mol. The van der Waals surface area contributed by atoms with Crippen molar-refractivity contribution in [2.24, 2.45) is 0 Å². The fraction of sp³-hybridized carbons (Fsp3) is 0.227. The lowest BCUT2D eigenvalue weighted by atomic mass is 10.1. The molecule has 150 valence electrons. The second-order valence-electron chi connectivity index (χ2n) is 6.61. The van der Waals surface area contributed by atoms with Crippen LogP contribution in [0, 0.1) is 0 Å². The number of thiocarbonyl (C=S) groups is 1. The van der Waals surface area contributed by atoms with Crippen LogP contribution >= 0.6 is 39.9 Å². The number of nitrogens with zero attached hydrogens (tertiary/aromatic N) is 1. The Hall–Kier alpha value is -1.96. The van der Waals surface area contributed by atoms with Crippen LogP contribution in [0.3, 0.4) is 0 Å². The highest BCUT2D eigenvalue weighted by Crippen LogP contribution is 2.32. The molecule has 3 rings (SSSR count). The van der Waals surface area contributed by atoms with Gasteiger partial charge >= 0.3 is 0 Å². The standard InChI is InChI=1S/C22H21BrN2O2S2/c23-17-10-12-18(13-11-17)24-20(26)9-5-2-6-14-25-21(27)19(29-22(25)28)15-16-7-3-1-4-8-16/h1,3-4,7-8,10-13,15H,2,5-6,9,14H2,(H,24,26)/b19-15-. The number of carbonyl (C=O) groups excluding carboxylic acids is 2. The maximum absolute atomic E-state index is 12.6. The number of amides is 2. The summed E-state index contributed by atoms with van der Waals surface area (Å²) in [4.78, 5) is 26.9. The van der Waals surface area contributed by atoms with E-state index >= 15 is 0 Å². The first kappa shape index (κ1) is 21.7. The molecule has 4 nitrogen and oxygen atoms in total. The summed E-state index contributed by atoms with van der Waals surface area (Å²) in [6.07, 6.45) is 4.80. The fourth-order valence-corrected chi connectivity index (χ4v) is 4.46. The van der Waals surface area contributed by atoms with E-state index in [1.807, 2.05) is 60.7 Å². The number of nitrogens with one attached hydrogen (secondary N) is 1. The molecular formula is C22H21BrN2O2S2. The van der Waals surface area contributed by atoms with Gasteiger partial charge in [0.05, 0.1) is 4.91 Å². The molecule has 0 aliphatic carbocycles. The van der Waals surface area contributed by atoms with Crippen molar-refractivity contribution in [1.82, 2.24) is 4.90 Å². The zero-order valence-corrected chi connectivity index (χ0v) is 19.0. The summed E-state index contributed by atoms with van der Waals surface area (Å²) in [6, 6.07) is 17.3. The van der Waals surface area contributed by atoms with Crippen molar-refractivity contribution in [2.45, 2.75) is 25.7 Å². The molecule has 0 unspecified atom stereocenters. The Kier molecular flexibility index (Phi) is 8.03. The Balaban J connectivity index is 1.39. The first-order valence-electron chi connectivity index (χ1n) is 9.39. The van der Waals surface area contributed by atoms with Crippen LogP contribution in [0.25, 0.3) is 6.08 Å². The van der Waals surface area contributed by atoms with Crippen LogP contribution in [-0.2, 0) is 9.59 Å². The average Bonchev–Trinajstić information content (AvgIpc) is 2.97. The topological polar surface area (TPSA) is 49.4 Å². The van der Waals surface area contributed by atoms with Gasteiger partial charge in [0.25, 0.3) is 5.91 Å². The Morgan fingerprint density at radius 2 is 1.79 bits per heavy atom. The van der Waals surface area contributed by atoms with Crippen LogP contribution in [0.4, 0.5) is 5.69 Å². The minimum Gasteiger partial charge on any atom is -0.326 e. The van der Waals surface area contributed by atoms with E-state index in [1.165, 1.54) is 11.8 Å². The summed E-state index contributed by atoms with van der Waals surface area (Å²) in [5.41, 5.74) is 1.78. The van der Waals surface area contributed by atoms with Gasteiger partial charge in [0.15, 0.2) is 0 Å². The molecule has 0 bridgehead atoms. The highest BCUT2D eigenvalue weighted by molar-refractivity contribution is 9.10. The molecule has 0 aromatic heterocycles. The third kappa shape index (κ3) is 6.52. The molecule has 2 amide bonds. The highest BCUT2D eigenvalue weighted by Gasteiger charge is 2.31. The lowest BCUT2D eigenvalue weighted by molar-refractivity contribution is -0.122. The molecule has 7 heteroatoms. The second kappa shape index (κ2) is 10.7. The van der Waals surface area contributed by atoms with E-state index in [4.69, 9.17) is 12.2 Å². The van der Waals surface area contributed by atoms with Crippen molar-refractivity contribution < 1.29 is 9.59 Å². The number of halogens is 1. The molecule has 1 heterocycles. The molecule has 0 atom stereocenters. The molecule has 0 spiro atoms. The van der Waals surface area contributed by atoms with E-state index in [1.54, 1.807) is 4.90 Å². The third-order valence-electron chi connectivity index (χ3n) is 4.38. The maximum atomic E-state index is 12.6. The Bertz CT molecular complexity index is 914. The summed E-state index contributed by atoms with van der Waals surface area (Å²) in [5, 5.41) is 2.89. The number of rotatable bonds is 8. The van der Waals surface area contributed by atoms with Crippen LogP contribution in [-0.4, -0.2) is 27.6 Å². The first-order valence-corrected chi connectivity index (χ1v) is 11.4. The summed E-state index contributed by atoms with van der Waals surface area (Å²) in [6.45, 7) is 0.588. The van der Waals surface area contributed by atoms with Crippen LogP contribution in [0.2, 0.25) is 0 Å². The quantitative estimate of drug-likeness (QED) is 0.287. The van der Waals surface area contributed by atoms with E-state index in [0.29, 0.717) is 22.2 Å². The summed E-state index contributed by atoms with van der Waals surface area (Å²) < 4.78 is 1.58. The summed E-state index contributed by atoms with van der Waals surface area (Å²) in [5.74, 6) is -0.0273. The van der Waals surface area contributed by atoms with Crippen molar-refractivity contribution in [2.75, 3.05) is 11.9 Å². The minimum absolute atomic E-state index is 0.00345. The molecule has 1 saturated heterocycles. The predicted molar refractivity (Wildman–Crippen MR) is 128 cm³/mol. The molecule has 1 aliphatic rings. The van der Waals surface area contributed by atoms with Crippen LogP contribution < -0.4 is 5.32 Å². The molecule has 29 heavy (non-hydrogen) atoms. The Labute approximate surface area is 188 Å². The van der Waals surface area contributed by atoms with Gasteiger partial charge < -0.3 is 5.32 Å². The molecule has 2 aromatic rings. The lowest BCUT2D eigenvalue weighted by Gasteiger charge is -2.14. The van der Waals surface area contributed by atoms with Gasteiger partial charge in [0, 0.05) is 23.1 Å². The van der Waals surface area contributed by atoms with Crippen molar-refractivity contribution >= 4 is 67.8 Å². The molecule has 1 fully saturated rings. The number of carbonyl (C=O) groups is 2. The van der Waals surface area contributed by atoms with Crippen LogP contribution in [0.5, 0.6) is 0 Å². The van der Waals surface area contributed by atoms with Gasteiger partial charge in [-0.2, -0.15) is 0 Å². The van der Waals surface area contributed by atoms with E-state index in [-0.39, 0.29) is 11.8 Å². The first-order chi connectivity index (χ1) is 14.0. The van der Waals surface area contributed by atoms with Gasteiger partial charge in [-0.05, 0) is 48.7 Å². The molecule has 0 radical (unpaired) electrons. The van der Waals surface area contributed by atoms with E-state index in [0.717, 1.165) is 35.0 Å². The second-order valence-corrected chi connectivity index (χ2v) is 9.20. The van der Waals surface area contributed by atoms with Gasteiger partial charge in [-0.1, -0.05) is 76.7 Å². The van der Waals surface area contributed by atoms with Gasteiger partial charge in [0.1, 0.15) is 4.32 Å². The van der Waals surface area contributed by atoms with Gasteiger partial charge in [0.2, 0.25) is 5.91 Å². The van der Waals surface area contributed by atoms with Crippen molar-refractivity contribution in [1.29, 1.82) is 0 Å². The molecule has 1 aliphatic heterocycles. The summed E-state index contributed by atoms with van der Waals surface area (Å²) >= 11 is 10.1. The van der Waals surface area contributed by atoms with E-state index < -0.39 is 0 Å². The maximum Gasteiger partial charge on any atom is 0.266 e. The number of hydrogen-bond donors (Lipinski definition) is 1. The predicted octanol–water partition coefficient (Wildman–Crippen LogP) is 5.85. The van der Waals surface area contributed by atoms with Crippen molar-refractivity contribution in [3.05, 3.63) is 69.5 Å². The highest BCUT2D eigenvalue weighted by atomic mass is 79.9. The summed E-state index contributed by atoms with van der Waals surface area (Å²) in [7, 11) is 0. The zero-order chi connectivity index (χ0) is 20.6. The fourth-order valence-electron chi connectivity index (χ4n) is 2.88. The number of anilines is 1. The number of unbranched alkanes of at least 4 members (excludes halogenated alkanes) is 2. The SMILES string of the molecule is O=C(CCCCCN1C(=O)/C(=C/c2ccccc2)SC1=S)Nc1ccc(Br)cc1.